The zero-order valence-corrected chi connectivity index (χ0v) is 16.1. The van der Waals surface area contributed by atoms with Crippen LogP contribution in [0.4, 0.5) is 4.39 Å². The number of aliphatic hydroxyl groups is 1. The number of rotatable bonds is 6. The van der Waals surface area contributed by atoms with Gasteiger partial charge in [-0.3, -0.25) is 0 Å². The van der Waals surface area contributed by atoms with Gasteiger partial charge in [-0.1, -0.05) is 52.8 Å². The lowest BCUT2D eigenvalue weighted by molar-refractivity contribution is -0.0526. The van der Waals surface area contributed by atoms with Gasteiger partial charge in [0.2, 0.25) is 0 Å². The van der Waals surface area contributed by atoms with E-state index in [1.165, 1.54) is 6.07 Å². The van der Waals surface area contributed by atoms with Gasteiger partial charge >= 0.3 is 0 Å². The minimum atomic E-state index is -1.05. The maximum atomic E-state index is 14.6. The Kier molecular flexibility index (Phi) is 5.89. The summed E-state index contributed by atoms with van der Waals surface area (Å²) in [7, 11) is 1.57. The molecule has 0 atom stereocenters. The third kappa shape index (κ3) is 3.57. The number of methoxy groups -OCH3 is 1. The Morgan fingerprint density at radius 3 is 2.16 bits per heavy atom. The maximum absolute atomic E-state index is 14.6. The Hall–Kier alpha value is -1.87. The number of hydrogen-bond acceptors (Lipinski definition) is 2. The molecule has 0 bridgehead atoms. The van der Waals surface area contributed by atoms with Crippen molar-refractivity contribution in [2.45, 2.75) is 46.6 Å². The number of aryl methyl sites for hydroxylation is 1. The summed E-state index contributed by atoms with van der Waals surface area (Å²) in [6, 6.07) is 10.7. The second-order valence-corrected chi connectivity index (χ2v) is 7.21. The van der Waals surface area contributed by atoms with Crippen LogP contribution < -0.4 is 4.74 Å². The second-order valence-electron chi connectivity index (χ2n) is 7.21. The number of benzene rings is 2. The van der Waals surface area contributed by atoms with Crippen LogP contribution in [0.25, 0.3) is 11.1 Å². The standard InChI is InChI=1S/C22H29FO2/c1-7-16-8-10-18(19-13-17(25-6)9-11-21(19)23)20(12-16)22(24,14(2)3)15(4)5/h8-15,24H,7H2,1-6H3. The molecule has 0 radical (unpaired) electrons. The van der Waals surface area contributed by atoms with E-state index in [0.717, 1.165) is 23.1 Å². The van der Waals surface area contributed by atoms with Crippen LogP contribution in [0.3, 0.4) is 0 Å². The summed E-state index contributed by atoms with van der Waals surface area (Å²) in [5.74, 6) is 0.264. The van der Waals surface area contributed by atoms with E-state index >= 15 is 0 Å². The Morgan fingerprint density at radius 2 is 1.64 bits per heavy atom. The predicted octanol–water partition coefficient (Wildman–Crippen LogP) is 5.56. The first kappa shape index (κ1) is 19.5. The van der Waals surface area contributed by atoms with E-state index in [9.17, 15) is 9.50 Å². The summed E-state index contributed by atoms with van der Waals surface area (Å²) in [4.78, 5) is 0. The van der Waals surface area contributed by atoms with Crippen molar-refractivity contribution in [3.8, 4) is 16.9 Å². The van der Waals surface area contributed by atoms with Crippen molar-refractivity contribution in [2.75, 3.05) is 7.11 Å². The fourth-order valence-corrected chi connectivity index (χ4v) is 3.50. The lowest BCUT2D eigenvalue weighted by Gasteiger charge is -2.38. The van der Waals surface area contributed by atoms with Crippen molar-refractivity contribution in [2.24, 2.45) is 11.8 Å². The molecule has 0 saturated heterocycles. The highest BCUT2D eigenvalue weighted by molar-refractivity contribution is 5.71. The van der Waals surface area contributed by atoms with Crippen LogP contribution in [0, 0.1) is 17.7 Å². The average molecular weight is 344 g/mol. The summed E-state index contributed by atoms with van der Waals surface area (Å²) in [6.45, 7) is 10.1. The van der Waals surface area contributed by atoms with Gasteiger partial charge in [-0.05, 0) is 53.1 Å². The highest BCUT2D eigenvalue weighted by Gasteiger charge is 2.38. The smallest absolute Gasteiger partial charge is 0.131 e. The van der Waals surface area contributed by atoms with Crippen LogP contribution in [-0.4, -0.2) is 12.2 Å². The minimum Gasteiger partial charge on any atom is -0.497 e. The van der Waals surface area contributed by atoms with Gasteiger partial charge in [0.1, 0.15) is 11.6 Å². The monoisotopic (exact) mass is 344 g/mol. The van der Waals surface area contributed by atoms with Gasteiger partial charge in [0, 0.05) is 5.56 Å². The Balaban J connectivity index is 2.80. The molecule has 0 aromatic heterocycles. The minimum absolute atomic E-state index is 0.00738. The molecule has 0 unspecified atom stereocenters. The molecule has 0 aliphatic carbocycles. The highest BCUT2D eigenvalue weighted by atomic mass is 19.1. The molecule has 2 rings (SSSR count). The van der Waals surface area contributed by atoms with Crippen LogP contribution in [0.1, 0.15) is 45.7 Å². The zero-order chi connectivity index (χ0) is 18.8. The zero-order valence-electron chi connectivity index (χ0n) is 16.1. The molecule has 0 heterocycles. The molecule has 2 nitrogen and oxygen atoms in total. The molecule has 2 aromatic carbocycles. The van der Waals surface area contributed by atoms with E-state index in [-0.39, 0.29) is 17.7 Å². The molecule has 2 aromatic rings. The Morgan fingerprint density at radius 1 is 1.00 bits per heavy atom. The summed E-state index contributed by atoms with van der Waals surface area (Å²) in [5.41, 5.74) is 2.04. The summed E-state index contributed by atoms with van der Waals surface area (Å²) in [5, 5.41) is 11.6. The lowest BCUT2D eigenvalue weighted by atomic mass is 9.72. The largest absolute Gasteiger partial charge is 0.497 e. The van der Waals surface area contributed by atoms with Gasteiger partial charge in [-0.2, -0.15) is 0 Å². The SMILES string of the molecule is CCc1ccc(-c2cc(OC)ccc2F)c(C(O)(C(C)C)C(C)C)c1. The van der Waals surface area contributed by atoms with Gasteiger partial charge in [-0.25, -0.2) is 4.39 Å². The molecule has 0 amide bonds. The van der Waals surface area contributed by atoms with E-state index in [4.69, 9.17) is 4.74 Å². The molecular formula is C22H29FO2. The molecule has 0 aliphatic rings. The molecule has 0 fully saturated rings. The summed E-state index contributed by atoms with van der Waals surface area (Å²) >= 11 is 0. The molecule has 1 N–H and O–H groups in total. The molecule has 0 saturated carbocycles. The van der Waals surface area contributed by atoms with Crippen LogP contribution >= 0.6 is 0 Å². The predicted molar refractivity (Wildman–Crippen MR) is 101 cm³/mol. The maximum Gasteiger partial charge on any atom is 0.131 e. The van der Waals surface area contributed by atoms with E-state index in [0.29, 0.717) is 11.3 Å². The van der Waals surface area contributed by atoms with Crippen molar-refractivity contribution in [1.82, 2.24) is 0 Å². The van der Waals surface area contributed by atoms with Crippen LogP contribution in [0.2, 0.25) is 0 Å². The molecule has 25 heavy (non-hydrogen) atoms. The van der Waals surface area contributed by atoms with Crippen molar-refractivity contribution < 1.29 is 14.2 Å². The van der Waals surface area contributed by atoms with E-state index in [1.54, 1.807) is 19.2 Å². The van der Waals surface area contributed by atoms with E-state index in [2.05, 4.69) is 6.92 Å². The fourth-order valence-electron chi connectivity index (χ4n) is 3.50. The van der Waals surface area contributed by atoms with Crippen LogP contribution in [0.15, 0.2) is 36.4 Å². The number of ether oxygens (including phenoxy) is 1. The van der Waals surface area contributed by atoms with Crippen molar-refractivity contribution in [3.63, 3.8) is 0 Å². The van der Waals surface area contributed by atoms with Gasteiger partial charge < -0.3 is 9.84 Å². The van der Waals surface area contributed by atoms with Crippen molar-refractivity contribution in [1.29, 1.82) is 0 Å². The summed E-state index contributed by atoms with van der Waals surface area (Å²) in [6.07, 6.45) is 0.861. The lowest BCUT2D eigenvalue weighted by Crippen LogP contribution is -2.38. The summed E-state index contributed by atoms with van der Waals surface area (Å²) < 4.78 is 19.9. The van der Waals surface area contributed by atoms with Crippen LogP contribution in [-0.2, 0) is 12.0 Å². The van der Waals surface area contributed by atoms with Crippen molar-refractivity contribution >= 4 is 0 Å². The average Bonchev–Trinajstić information content (AvgIpc) is 2.60. The first-order valence-corrected chi connectivity index (χ1v) is 8.95. The molecular weight excluding hydrogens is 315 g/mol. The van der Waals surface area contributed by atoms with Gasteiger partial charge in [0.15, 0.2) is 0 Å². The quantitative estimate of drug-likeness (QED) is 0.743. The molecule has 136 valence electrons. The Bertz CT molecular complexity index is 727. The van der Waals surface area contributed by atoms with E-state index < -0.39 is 5.60 Å². The number of hydrogen-bond donors (Lipinski definition) is 1. The molecule has 0 spiro atoms. The highest BCUT2D eigenvalue weighted by Crippen LogP contribution is 2.43. The van der Waals surface area contributed by atoms with Crippen molar-refractivity contribution in [3.05, 3.63) is 53.3 Å². The van der Waals surface area contributed by atoms with Gasteiger partial charge in [-0.15, -0.1) is 0 Å². The van der Waals surface area contributed by atoms with Gasteiger partial charge in [0.05, 0.1) is 12.7 Å². The first-order chi connectivity index (χ1) is 11.7. The normalized spacial score (nSPS) is 12.1. The third-order valence-electron chi connectivity index (χ3n) is 5.15. The third-order valence-corrected chi connectivity index (χ3v) is 5.15. The first-order valence-electron chi connectivity index (χ1n) is 8.95. The van der Waals surface area contributed by atoms with E-state index in [1.807, 2.05) is 45.9 Å². The molecule has 0 aliphatic heterocycles. The topological polar surface area (TPSA) is 29.5 Å². The number of halogens is 1. The Labute approximate surface area is 150 Å². The fraction of sp³-hybridized carbons (Fsp3) is 0.455. The molecule has 3 heteroatoms. The second kappa shape index (κ2) is 7.57. The van der Waals surface area contributed by atoms with Crippen LogP contribution in [0.5, 0.6) is 5.75 Å². The van der Waals surface area contributed by atoms with Gasteiger partial charge in [0.25, 0.3) is 0 Å².